The topological polar surface area (TPSA) is 38.1 Å². The van der Waals surface area contributed by atoms with Crippen LogP contribution in [0.25, 0.3) is 0 Å². The van der Waals surface area contributed by atoms with E-state index in [-0.39, 0.29) is 5.82 Å². The molecule has 0 spiro atoms. The van der Waals surface area contributed by atoms with E-state index in [1.165, 1.54) is 6.07 Å². The van der Waals surface area contributed by atoms with Crippen molar-refractivity contribution in [2.45, 2.75) is 13.5 Å². The number of rotatable bonds is 3. The summed E-state index contributed by atoms with van der Waals surface area (Å²) in [4.78, 5) is 0. The predicted octanol–water partition coefficient (Wildman–Crippen LogP) is 3.39. The van der Waals surface area contributed by atoms with Gasteiger partial charge in [-0.25, -0.2) is 4.39 Å². The molecule has 1 aromatic heterocycles. The van der Waals surface area contributed by atoms with Crippen molar-refractivity contribution in [3.63, 3.8) is 0 Å². The third-order valence-electron chi connectivity index (χ3n) is 2.07. The van der Waals surface area contributed by atoms with Crippen molar-refractivity contribution < 1.29 is 8.91 Å². The highest BCUT2D eigenvalue weighted by atomic mass is 35.5. The largest absolute Gasteiger partial charge is 0.377 e. The number of aryl methyl sites for hydroxylation is 1. The van der Waals surface area contributed by atoms with Gasteiger partial charge < -0.3 is 9.84 Å². The van der Waals surface area contributed by atoms with Crippen molar-refractivity contribution in [2.24, 2.45) is 0 Å². The summed E-state index contributed by atoms with van der Waals surface area (Å²) >= 11 is 5.64. The molecule has 0 amide bonds. The quantitative estimate of drug-likeness (QED) is 0.894. The van der Waals surface area contributed by atoms with E-state index in [9.17, 15) is 4.39 Å². The molecule has 0 aliphatic heterocycles. The third kappa shape index (κ3) is 2.52. The molecule has 0 unspecified atom stereocenters. The molecule has 1 heterocycles. The van der Waals surface area contributed by atoms with E-state index in [1.807, 2.05) is 0 Å². The first-order valence-electron chi connectivity index (χ1n) is 4.76. The van der Waals surface area contributed by atoms with Gasteiger partial charge in [0, 0.05) is 11.1 Å². The van der Waals surface area contributed by atoms with Crippen LogP contribution < -0.4 is 5.32 Å². The minimum atomic E-state index is -0.382. The summed E-state index contributed by atoms with van der Waals surface area (Å²) in [5.74, 6) is 0.348. The molecular weight excluding hydrogens is 231 g/mol. The lowest BCUT2D eigenvalue weighted by Crippen LogP contribution is -2.01. The second-order valence-corrected chi connectivity index (χ2v) is 3.84. The second-order valence-electron chi connectivity index (χ2n) is 3.41. The Morgan fingerprint density at radius 2 is 2.25 bits per heavy atom. The Labute approximate surface area is 97.2 Å². The summed E-state index contributed by atoms with van der Waals surface area (Å²) in [6.07, 6.45) is 0. The number of hydrogen-bond donors (Lipinski definition) is 1. The molecule has 1 N–H and O–H groups in total. The Morgan fingerprint density at radius 3 is 2.88 bits per heavy atom. The van der Waals surface area contributed by atoms with Crippen LogP contribution in [0.4, 0.5) is 10.1 Å². The van der Waals surface area contributed by atoms with Crippen LogP contribution in [0.2, 0.25) is 5.02 Å². The van der Waals surface area contributed by atoms with E-state index in [0.717, 1.165) is 11.5 Å². The van der Waals surface area contributed by atoms with Gasteiger partial charge in [0.25, 0.3) is 0 Å². The summed E-state index contributed by atoms with van der Waals surface area (Å²) in [6, 6.07) is 6.27. The number of hydrogen-bond acceptors (Lipinski definition) is 3. The highest BCUT2D eigenvalue weighted by molar-refractivity contribution is 6.30. The van der Waals surface area contributed by atoms with Gasteiger partial charge in [-0.15, -0.1) is 0 Å². The molecule has 5 heteroatoms. The number of halogens is 2. The van der Waals surface area contributed by atoms with Crippen molar-refractivity contribution in [3.05, 3.63) is 46.6 Å². The number of benzene rings is 1. The van der Waals surface area contributed by atoms with Crippen molar-refractivity contribution in [1.29, 1.82) is 0 Å². The maximum Gasteiger partial charge on any atom is 0.147 e. The Morgan fingerprint density at radius 1 is 1.44 bits per heavy atom. The molecule has 0 saturated carbocycles. The fraction of sp³-hybridized carbons (Fsp3) is 0.182. The van der Waals surface area contributed by atoms with E-state index in [1.54, 1.807) is 25.1 Å². The minimum Gasteiger partial charge on any atom is -0.377 e. The van der Waals surface area contributed by atoms with Gasteiger partial charge in [-0.2, -0.15) is 0 Å². The normalized spacial score (nSPS) is 10.4. The maximum atomic E-state index is 13.4. The van der Waals surface area contributed by atoms with Crippen LogP contribution in [0.3, 0.4) is 0 Å². The second kappa shape index (κ2) is 4.53. The molecule has 2 aromatic rings. The Kier molecular flexibility index (Phi) is 3.10. The number of nitrogens with zero attached hydrogens (tertiary/aromatic N) is 1. The van der Waals surface area contributed by atoms with Gasteiger partial charge in [0.15, 0.2) is 0 Å². The molecule has 1 aromatic carbocycles. The van der Waals surface area contributed by atoms with E-state index in [0.29, 0.717) is 17.3 Å². The molecule has 0 fully saturated rings. The van der Waals surface area contributed by atoms with Crippen molar-refractivity contribution >= 4 is 17.3 Å². The molecule has 3 nitrogen and oxygen atoms in total. The molecule has 0 radical (unpaired) electrons. The zero-order valence-electron chi connectivity index (χ0n) is 8.63. The van der Waals surface area contributed by atoms with Crippen LogP contribution >= 0.6 is 11.6 Å². The first kappa shape index (κ1) is 11.0. The van der Waals surface area contributed by atoms with Gasteiger partial charge in [-0.1, -0.05) is 16.8 Å². The SMILES string of the molecule is Cc1cc(CNc2ccc(Cl)cc2F)no1. The molecule has 0 saturated heterocycles. The van der Waals surface area contributed by atoms with Crippen LogP contribution in [-0.4, -0.2) is 5.16 Å². The Hall–Kier alpha value is -1.55. The molecule has 2 rings (SSSR count). The smallest absolute Gasteiger partial charge is 0.147 e. The van der Waals surface area contributed by atoms with Crippen LogP contribution in [0.15, 0.2) is 28.8 Å². The zero-order chi connectivity index (χ0) is 11.5. The van der Waals surface area contributed by atoms with Crippen LogP contribution in [0, 0.1) is 12.7 Å². The van der Waals surface area contributed by atoms with Gasteiger partial charge in [0.1, 0.15) is 17.3 Å². The van der Waals surface area contributed by atoms with Crippen molar-refractivity contribution in [3.8, 4) is 0 Å². The molecule has 0 aliphatic carbocycles. The van der Waals surface area contributed by atoms with Gasteiger partial charge in [0.05, 0.1) is 12.2 Å². The molecule has 0 atom stereocenters. The van der Waals surface area contributed by atoms with Gasteiger partial charge in [-0.3, -0.25) is 0 Å². The number of aromatic nitrogens is 1. The van der Waals surface area contributed by atoms with Crippen molar-refractivity contribution in [2.75, 3.05) is 5.32 Å². The Bertz CT molecular complexity index is 498. The highest BCUT2D eigenvalue weighted by Crippen LogP contribution is 2.19. The summed E-state index contributed by atoms with van der Waals surface area (Å²) < 4.78 is 18.3. The summed E-state index contributed by atoms with van der Waals surface area (Å²) in [6.45, 7) is 2.22. The van der Waals surface area contributed by atoms with Crippen LogP contribution in [0.1, 0.15) is 11.5 Å². The highest BCUT2D eigenvalue weighted by Gasteiger charge is 2.04. The van der Waals surface area contributed by atoms with E-state index in [4.69, 9.17) is 16.1 Å². The Balaban J connectivity index is 2.04. The fourth-order valence-corrected chi connectivity index (χ4v) is 1.48. The summed E-state index contributed by atoms with van der Waals surface area (Å²) in [7, 11) is 0. The fourth-order valence-electron chi connectivity index (χ4n) is 1.32. The van der Waals surface area contributed by atoms with E-state index in [2.05, 4.69) is 10.5 Å². The number of nitrogens with one attached hydrogen (secondary N) is 1. The monoisotopic (exact) mass is 240 g/mol. The minimum absolute atomic E-state index is 0.375. The first-order valence-corrected chi connectivity index (χ1v) is 5.14. The standard InChI is InChI=1S/C11H10ClFN2O/c1-7-4-9(15-16-7)6-14-11-3-2-8(12)5-10(11)13/h2-5,14H,6H2,1H3. The molecule has 84 valence electrons. The molecular formula is C11H10ClFN2O. The van der Waals surface area contributed by atoms with Crippen LogP contribution in [-0.2, 0) is 6.54 Å². The lowest BCUT2D eigenvalue weighted by Gasteiger charge is -2.05. The lowest BCUT2D eigenvalue weighted by molar-refractivity contribution is 0.391. The molecule has 0 aliphatic rings. The lowest BCUT2D eigenvalue weighted by atomic mass is 10.3. The maximum absolute atomic E-state index is 13.4. The van der Waals surface area contributed by atoms with E-state index >= 15 is 0 Å². The molecule has 0 bridgehead atoms. The number of anilines is 1. The van der Waals surface area contributed by atoms with Crippen molar-refractivity contribution in [1.82, 2.24) is 5.16 Å². The summed E-state index contributed by atoms with van der Waals surface area (Å²) in [5.41, 5.74) is 1.12. The first-order chi connectivity index (χ1) is 7.65. The van der Waals surface area contributed by atoms with Gasteiger partial charge in [0.2, 0.25) is 0 Å². The average molecular weight is 241 g/mol. The average Bonchev–Trinajstić information content (AvgIpc) is 2.63. The zero-order valence-corrected chi connectivity index (χ0v) is 9.38. The predicted molar refractivity (Wildman–Crippen MR) is 60.0 cm³/mol. The van der Waals surface area contributed by atoms with Gasteiger partial charge >= 0.3 is 0 Å². The van der Waals surface area contributed by atoms with E-state index < -0.39 is 0 Å². The molecule has 16 heavy (non-hydrogen) atoms. The van der Waals surface area contributed by atoms with Gasteiger partial charge in [-0.05, 0) is 25.1 Å². The van der Waals surface area contributed by atoms with Crippen LogP contribution in [0.5, 0.6) is 0 Å². The summed E-state index contributed by atoms with van der Waals surface area (Å²) in [5, 5.41) is 7.08. The third-order valence-corrected chi connectivity index (χ3v) is 2.30.